The summed E-state index contributed by atoms with van der Waals surface area (Å²) in [5.74, 6) is -0.0635. The molecule has 0 aromatic heterocycles. The fourth-order valence-corrected chi connectivity index (χ4v) is 4.82. The van der Waals surface area contributed by atoms with E-state index in [2.05, 4.69) is 24.0 Å². The average Bonchev–Trinajstić information content (AvgIpc) is 3.47. The van der Waals surface area contributed by atoms with Crippen LogP contribution in [-0.2, 0) is 22.6 Å². The van der Waals surface area contributed by atoms with E-state index in [-0.39, 0.29) is 17.7 Å². The number of fused-ring (bicyclic) bond motifs is 2. The molecule has 1 unspecified atom stereocenters. The molecule has 1 fully saturated rings. The Morgan fingerprint density at radius 1 is 1.22 bits per heavy atom. The molecule has 6 nitrogen and oxygen atoms in total. The average molecular weight is 430 g/mol. The zero-order valence-corrected chi connectivity index (χ0v) is 18.5. The number of nitrogens with one attached hydrogen (secondary N) is 1. The molecule has 1 N–H and O–H groups in total. The molecule has 3 aliphatic heterocycles. The molecule has 2 amide bonds. The van der Waals surface area contributed by atoms with Crippen LogP contribution < -0.4 is 10.2 Å². The highest BCUT2D eigenvalue weighted by Gasteiger charge is 2.34. The number of hydrogen-bond acceptors (Lipinski definition) is 4. The van der Waals surface area contributed by atoms with Crippen molar-refractivity contribution in [3.8, 4) is 0 Å². The van der Waals surface area contributed by atoms with Crippen LogP contribution in [0.3, 0.4) is 0 Å². The molecule has 2 aromatic rings. The van der Waals surface area contributed by atoms with Crippen LogP contribution in [-0.4, -0.2) is 29.9 Å². The minimum atomic E-state index is -0.198. The molecule has 5 rings (SSSR count). The summed E-state index contributed by atoms with van der Waals surface area (Å²) >= 11 is 0. The number of rotatable bonds is 3. The van der Waals surface area contributed by atoms with Gasteiger partial charge in [-0.1, -0.05) is 36.9 Å². The number of nitrogens with zero attached hydrogens (tertiary/aromatic N) is 2. The van der Waals surface area contributed by atoms with E-state index in [4.69, 9.17) is 4.74 Å². The highest BCUT2D eigenvalue weighted by atomic mass is 16.5. The largest absolute Gasteiger partial charge is 0.381 e. The fraction of sp³-hybridized carbons (Fsp3) is 0.308. The minimum absolute atomic E-state index is 0.0258. The van der Waals surface area contributed by atoms with E-state index >= 15 is 0 Å². The maximum Gasteiger partial charge on any atom is 0.272 e. The number of allylic oxidation sites excluding steroid dienone is 1. The van der Waals surface area contributed by atoms with Crippen molar-refractivity contribution < 1.29 is 14.3 Å². The molecule has 6 heteroatoms. The van der Waals surface area contributed by atoms with Crippen molar-refractivity contribution in [3.05, 3.63) is 82.7 Å². The Bertz CT molecular complexity index is 1140. The Balaban J connectivity index is 1.50. The Hall–Kier alpha value is -3.38. The van der Waals surface area contributed by atoms with E-state index in [0.29, 0.717) is 43.3 Å². The van der Waals surface area contributed by atoms with E-state index < -0.39 is 0 Å². The topological polar surface area (TPSA) is 61.9 Å². The summed E-state index contributed by atoms with van der Waals surface area (Å²) in [6.07, 6.45) is 2.68. The third-order valence-corrected chi connectivity index (χ3v) is 6.63. The fourth-order valence-electron chi connectivity index (χ4n) is 4.82. The number of amides is 2. The zero-order chi connectivity index (χ0) is 22.4. The van der Waals surface area contributed by atoms with Gasteiger partial charge in [0, 0.05) is 36.9 Å². The SMILES string of the molecule is C=C(C1CCOC1)N1/C(=C\C)C(=O)Nc2cc(C(=O)N3Cc4ccccc4C3)c(C)cc21. The summed E-state index contributed by atoms with van der Waals surface area (Å²) in [5.41, 5.74) is 6.71. The standard InChI is InChI=1S/C26H27N3O3/c1-4-23-25(30)27-22-12-21(26(31)28-13-18-7-5-6-8-19(18)14-28)16(2)11-24(22)29(23)17(3)20-9-10-32-15-20/h4-8,11-12,20H,3,9-10,13-15H2,1-2H3,(H,27,30)/b23-4-. The predicted molar refractivity (Wildman–Crippen MR) is 124 cm³/mol. The van der Waals surface area contributed by atoms with Crippen molar-refractivity contribution in [3.63, 3.8) is 0 Å². The highest BCUT2D eigenvalue weighted by molar-refractivity contribution is 6.13. The number of carbonyl (C=O) groups is 2. The lowest BCUT2D eigenvalue weighted by Gasteiger charge is -2.36. The summed E-state index contributed by atoms with van der Waals surface area (Å²) in [6, 6.07) is 11.9. The molecule has 164 valence electrons. The lowest BCUT2D eigenvalue weighted by atomic mass is 9.98. The van der Waals surface area contributed by atoms with Crippen LogP contribution in [0.4, 0.5) is 11.4 Å². The first-order chi connectivity index (χ1) is 15.5. The second-order valence-corrected chi connectivity index (χ2v) is 8.63. The maximum absolute atomic E-state index is 13.4. The molecule has 1 saturated heterocycles. The van der Waals surface area contributed by atoms with Gasteiger partial charge in [0.15, 0.2) is 0 Å². The van der Waals surface area contributed by atoms with Gasteiger partial charge >= 0.3 is 0 Å². The summed E-state index contributed by atoms with van der Waals surface area (Å²) in [4.78, 5) is 30.1. The number of anilines is 2. The van der Waals surface area contributed by atoms with Gasteiger partial charge in [-0.05, 0) is 49.1 Å². The van der Waals surface area contributed by atoms with Crippen molar-refractivity contribution >= 4 is 23.2 Å². The second-order valence-electron chi connectivity index (χ2n) is 8.63. The molecule has 0 spiro atoms. The first-order valence-corrected chi connectivity index (χ1v) is 11.0. The first-order valence-electron chi connectivity index (χ1n) is 11.0. The lowest BCUT2D eigenvalue weighted by molar-refractivity contribution is -0.113. The Kier molecular flexibility index (Phi) is 5.10. The first kappa shape index (κ1) is 20.5. The minimum Gasteiger partial charge on any atom is -0.381 e. The molecule has 0 aliphatic carbocycles. The van der Waals surface area contributed by atoms with E-state index in [1.807, 2.05) is 47.9 Å². The number of aryl methyl sites for hydroxylation is 1. The van der Waals surface area contributed by atoms with E-state index in [1.54, 1.807) is 6.08 Å². The number of ether oxygens (including phenoxy) is 1. The lowest BCUT2D eigenvalue weighted by Crippen LogP contribution is -2.37. The molecule has 0 radical (unpaired) electrons. The third-order valence-electron chi connectivity index (χ3n) is 6.63. The van der Waals surface area contributed by atoms with Gasteiger partial charge in [-0.3, -0.25) is 9.59 Å². The smallest absolute Gasteiger partial charge is 0.272 e. The van der Waals surface area contributed by atoms with Gasteiger partial charge in [-0.2, -0.15) is 0 Å². The normalized spacial score (nSPS) is 20.9. The van der Waals surface area contributed by atoms with Crippen molar-refractivity contribution in [2.24, 2.45) is 5.92 Å². The monoisotopic (exact) mass is 429 g/mol. The van der Waals surface area contributed by atoms with Gasteiger partial charge < -0.3 is 19.9 Å². The van der Waals surface area contributed by atoms with Crippen LogP contribution in [0.1, 0.15) is 40.4 Å². The van der Waals surface area contributed by atoms with Crippen LogP contribution in [0.2, 0.25) is 0 Å². The summed E-state index contributed by atoms with van der Waals surface area (Å²) < 4.78 is 5.55. The molecule has 32 heavy (non-hydrogen) atoms. The Morgan fingerprint density at radius 2 is 1.94 bits per heavy atom. The van der Waals surface area contributed by atoms with E-state index in [0.717, 1.165) is 23.4 Å². The summed E-state index contributed by atoms with van der Waals surface area (Å²) in [6.45, 7) is 10.6. The molecule has 3 aliphatic rings. The van der Waals surface area contributed by atoms with Crippen molar-refractivity contribution in [2.45, 2.75) is 33.4 Å². The number of benzene rings is 2. The number of carbonyl (C=O) groups excluding carboxylic acids is 2. The van der Waals surface area contributed by atoms with Crippen LogP contribution >= 0.6 is 0 Å². The molecular formula is C26H27N3O3. The summed E-state index contributed by atoms with van der Waals surface area (Å²) in [7, 11) is 0. The van der Waals surface area contributed by atoms with Crippen molar-refractivity contribution in [1.82, 2.24) is 4.90 Å². The van der Waals surface area contributed by atoms with Gasteiger partial charge in [-0.25, -0.2) is 0 Å². The molecule has 3 heterocycles. The molecule has 2 aromatic carbocycles. The van der Waals surface area contributed by atoms with Crippen LogP contribution in [0.5, 0.6) is 0 Å². The molecule has 0 bridgehead atoms. The third kappa shape index (κ3) is 3.31. The van der Waals surface area contributed by atoms with Gasteiger partial charge in [0.2, 0.25) is 0 Å². The Morgan fingerprint density at radius 3 is 2.56 bits per heavy atom. The number of hydrogen-bond donors (Lipinski definition) is 1. The second kappa shape index (κ2) is 7.95. The van der Waals surface area contributed by atoms with E-state index in [9.17, 15) is 9.59 Å². The van der Waals surface area contributed by atoms with Crippen LogP contribution in [0.25, 0.3) is 0 Å². The van der Waals surface area contributed by atoms with E-state index in [1.165, 1.54) is 11.1 Å². The molecule has 0 saturated carbocycles. The Labute approximate surface area is 188 Å². The predicted octanol–water partition coefficient (Wildman–Crippen LogP) is 4.36. The van der Waals surface area contributed by atoms with Gasteiger partial charge in [0.05, 0.1) is 18.0 Å². The van der Waals surface area contributed by atoms with Crippen molar-refractivity contribution in [1.29, 1.82) is 0 Å². The van der Waals surface area contributed by atoms with Gasteiger partial charge in [0.25, 0.3) is 11.8 Å². The maximum atomic E-state index is 13.4. The van der Waals surface area contributed by atoms with Crippen molar-refractivity contribution in [2.75, 3.05) is 23.4 Å². The van der Waals surface area contributed by atoms with Gasteiger partial charge in [0.1, 0.15) is 5.70 Å². The van der Waals surface area contributed by atoms with Gasteiger partial charge in [-0.15, -0.1) is 0 Å². The highest BCUT2D eigenvalue weighted by Crippen LogP contribution is 2.41. The van der Waals surface area contributed by atoms with Crippen LogP contribution in [0, 0.1) is 12.8 Å². The quantitative estimate of drug-likeness (QED) is 0.737. The molecular weight excluding hydrogens is 402 g/mol. The summed E-state index contributed by atoms with van der Waals surface area (Å²) in [5, 5.41) is 2.97. The van der Waals surface area contributed by atoms with Crippen LogP contribution in [0.15, 0.2) is 60.4 Å². The zero-order valence-electron chi connectivity index (χ0n) is 18.5. The molecule has 1 atom stereocenters.